The quantitative estimate of drug-likeness (QED) is 0.546. The standard InChI is InChI=1S/C18H15N5O2/c24-17(23-22-10-14-8-9-19-12-21-14)11-20-18(25)16-7-3-5-13-4-1-2-6-15(13)16/h1-10,12H,11H2,(H,20,25)(H,23,24)/b22-10+. The van der Waals surface area contributed by atoms with E-state index in [0.717, 1.165) is 10.8 Å². The van der Waals surface area contributed by atoms with Crippen molar-refractivity contribution in [3.8, 4) is 0 Å². The second kappa shape index (κ2) is 7.78. The van der Waals surface area contributed by atoms with Crippen molar-refractivity contribution >= 4 is 28.8 Å². The maximum Gasteiger partial charge on any atom is 0.259 e. The molecule has 1 aromatic heterocycles. The van der Waals surface area contributed by atoms with Gasteiger partial charge in [0.05, 0.1) is 18.5 Å². The van der Waals surface area contributed by atoms with Crippen LogP contribution in [0.2, 0.25) is 0 Å². The van der Waals surface area contributed by atoms with Crippen LogP contribution in [0.15, 0.2) is 66.2 Å². The molecule has 0 saturated heterocycles. The molecule has 0 spiro atoms. The minimum atomic E-state index is -0.432. The van der Waals surface area contributed by atoms with Crippen molar-refractivity contribution in [1.82, 2.24) is 20.7 Å². The van der Waals surface area contributed by atoms with Crippen LogP contribution in [-0.2, 0) is 4.79 Å². The van der Waals surface area contributed by atoms with Crippen molar-refractivity contribution in [3.63, 3.8) is 0 Å². The molecule has 2 N–H and O–H groups in total. The Hall–Kier alpha value is -3.61. The van der Waals surface area contributed by atoms with Crippen LogP contribution in [0, 0.1) is 0 Å². The van der Waals surface area contributed by atoms with Crippen LogP contribution in [0.4, 0.5) is 0 Å². The Morgan fingerprint density at radius 1 is 1.08 bits per heavy atom. The molecule has 0 atom stereocenters. The van der Waals surface area contributed by atoms with Gasteiger partial charge in [-0.25, -0.2) is 15.4 Å². The summed E-state index contributed by atoms with van der Waals surface area (Å²) in [5.74, 6) is -0.745. The van der Waals surface area contributed by atoms with E-state index in [9.17, 15) is 9.59 Å². The van der Waals surface area contributed by atoms with E-state index < -0.39 is 5.91 Å². The molecule has 3 aromatic rings. The van der Waals surface area contributed by atoms with Gasteiger partial charge >= 0.3 is 0 Å². The molecule has 0 unspecified atom stereocenters. The lowest BCUT2D eigenvalue weighted by atomic mass is 10.0. The predicted octanol–water partition coefficient (Wildman–Crippen LogP) is 1.51. The van der Waals surface area contributed by atoms with Crippen molar-refractivity contribution in [2.45, 2.75) is 0 Å². The van der Waals surface area contributed by atoms with Crippen molar-refractivity contribution in [2.75, 3.05) is 6.54 Å². The Kier molecular flexibility index (Phi) is 5.06. The van der Waals surface area contributed by atoms with Gasteiger partial charge in [0.15, 0.2) is 0 Å². The molecule has 124 valence electrons. The number of benzene rings is 2. The molecule has 1 heterocycles. The summed E-state index contributed by atoms with van der Waals surface area (Å²) in [5.41, 5.74) is 3.42. The minimum absolute atomic E-state index is 0.177. The number of fused-ring (bicyclic) bond motifs is 1. The van der Waals surface area contributed by atoms with Crippen molar-refractivity contribution in [1.29, 1.82) is 0 Å². The fourth-order valence-electron chi connectivity index (χ4n) is 2.27. The van der Waals surface area contributed by atoms with Crippen LogP contribution in [0.1, 0.15) is 16.1 Å². The fraction of sp³-hybridized carbons (Fsp3) is 0.0556. The first kappa shape index (κ1) is 16.3. The monoisotopic (exact) mass is 333 g/mol. The summed E-state index contributed by atoms with van der Waals surface area (Å²) in [6, 6.07) is 14.7. The Bertz CT molecular complexity index is 920. The smallest absolute Gasteiger partial charge is 0.259 e. The third-order valence-electron chi connectivity index (χ3n) is 3.43. The van der Waals surface area contributed by atoms with Gasteiger partial charge in [0, 0.05) is 11.8 Å². The number of hydrazone groups is 1. The molecule has 0 bridgehead atoms. The topological polar surface area (TPSA) is 96.3 Å². The number of hydrogen-bond acceptors (Lipinski definition) is 5. The molecular weight excluding hydrogens is 318 g/mol. The van der Waals surface area contributed by atoms with Gasteiger partial charge in [-0.05, 0) is 22.9 Å². The van der Waals surface area contributed by atoms with Gasteiger partial charge in [0.25, 0.3) is 11.8 Å². The van der Waals surface area contributed by atoms with Crippen molar-refractivity contribution < 1.29 is 9.59 Å². The van der Waals surface area contributed by atoms with E-state index in [1.165, 1.54) is 12.5 Å². The normalized spacial score (nSPS) is 10.7. The van der Waals surface area contributed by atoms with Crippen LogP contribution in [-0.4, -0.2) is 34.5 Å². The lowest BCUT2D eigenvalue weighted by molar-refractivity contribution is -0.120. The fourth-order valence-corrected chi connectivity index (χ4v) is 2.27. The summed E-state index contributed by atoms with van der Waals surface area (Å²) in [6.45, 7) is -0.177. The molecule has 7 nitrogen and oxygen atoms in total. The van der Waals surface area contributed by atoms with Gasteiger partial charge in [-0.3, -0.25) is 9.59 Å². The average Bonchev–Trinajstić information content (AvgIpc) is 2.66. The molecule has 0 aliphatic heterocycles. The Morgan fingerprint density at radius 3 is 2.76 bits per heavy atom. The summed E-state index contributed by atoms with van der Waals surface area (Å²) >= 11 is 0. The molecule has 0 aliphatic carbocycles. The molecule has 2 aromatic carbocycles. The summed E-state index contributed by atoms with van der Waals surface area (Å²) in [6.07, 6.45) is 4.35. The highest BCUT2D eigenvalue weighted by Crippen LogP contribution is 2.18. The van der Waals surface area contributed by atoms with E-state index in [1.54, 1.807) is 18.3 Å². The largest absolute Gasteiger partial charge is 0.343 e. The minimum Gasteiger partial charge on any atom is -0.343 e. The highest BCUT2D eigenvalue weighted by Gasteiger charge is 2.10. The summed E-state index contributed by atoms with van der Waals surface area (Å²) < 4.78 is 0. The number of aromatic nitrogens is 2. The van der Waals surface area contributed by atoms with E-state index in [1.807, 2.05) is 36.4 Å². The van der Waals surface area contributed by atoms with Gasteiger partial charge < -0.3 is 5.32 Å². The molecule has 0 fully saturated rings. The molecule has 7 heteroatoms. The van der Waals surface area contributed by atoms with Crippen LogP contribution >= 0.6 is 0 Å². The predicted molar refractivity (Wildman–Crippen MR) is 94.0 cm³/mol. The van der Waals surface area contributed by atoms with Crippen LogP contribution in [0.25, 0.3) is 10.8 Å². The number of rotatable bonds is 5. The van der Waals surface area contributed by atoms with Crippen LogP contribution < -0.4 is 10.7 Å². The molecule has 25 heavy (non-hydrogen) atoms. The zero-order chi connectivity index (χ0) is 17.5. The maximum atomic E-state index is 12.3. The van der Waals surface area contributed by atoms with Gasteiger partial charge in [0.1, 0.15) is 6.33 Å². The zero-order valence-corrected chi connectivity index (χ0v) is 13.2. The zero-order valence-electron chi connectivity index (χ0n) is 13.2. The van der Waals surface area contributed by atoms with E-state index in [2.05, 4.69) is 25.8 Å². The number of amides is 2. The van der Waals surface area contributed by atoms with Crippen molar-refractivity contribution in [2.24, 2.45) is 5.10 Å². The molecule has 0 radical (unpaired) electrons. The highest BCUT2D eigenvalue weighted by atomic mass is 16.2. The number of carbonyl (C=O) groups excluding carboxylic acids is 2. The van der Waals surface area contributed by atoms with Crippen LogP contribution in [0.3, 0.4) is 0 Å². The summed E-state index contributed by atoms with van der Waals surface area (Å²) in [4.78, 5) is 31.8. The van der Waals surface area contributed by atoms with Crippen molar-refractivity contribution in [3.05, 3.63) is 72.3 Å². The molecule has 0 aliphatic rings. The first-order valence-corrected chi connectivity index (χ1v) is 7.58. The Labute approximate surface area is 143 Å². The van der Waals surface area contributed by atoms with E-state index in [0.29, 0.717) is 11.3 Å². The lowest BCUT2D eigenvalue weighted by Gasteiger charge is -2.07. The van der Waals surface area contributed by atoms with Gasteiger partial charge in [-0.2, -0.15) is 5.10 Å². The van der Waals surface area contributed by atoms with E-state index in [4.69, 9.17) is 0 Å². The second-order valence-electron chi connectivity index (χ2n) is 5.14. The van der Waals surface area contributed by atoms with Gasteiger partial charge in [-0.15, -0.1) is 0 Å². The Morgan fingerprint density at radius 2 is 1.92 bits per heavy atom. The second-order valence-corrected chi connectivity index (χ2v) is 5.14. The Balaban J connectivity index is 1.56. The highest BCUT2D eigenvalue weighted by molar-refractivity contribution is 6.07. The molecule has 0 saturated carbocycles. The number of nitrogens with one attached hydrogen (secondary N) is 2. The average molecular weight is 333 g/mol. The third-order valence-corrected chi connectivity index (χ3v) is 3.43. The first-order chi connectivity index (χ1) is 12.2. The molecule has 3 rings (SSSR count). The molecule has 2 amide bonds. The third kappa shape index (κ3) is 4.23. The number of carbonyl (C=O) groups is 2. The van der Waals surface area contributed by atoms with Crippen LogP contribution in [0.5, 0.6) is 0 Å². The lowest BCUT2D eigenvalue weighted by Crippen LogP contribution is -2.35. The molecular formula is C18H15N5O2. The van der Waals surface area contributed by atoms with E-state index in [-0.39, 0.29) is 12.5 Å². The maximum absolute atomic E-state index is 12.3. The summed E-state index contributed by atoms with van der Waals surface area (Å²) in [5, 5.41) is 8.17. The SMILES string of the molecule is O=C(CNC(=O)c1cccc2ccccc12)N/N=C/c1ccncn1. The number of hydrogen-bond donors (Lipinski definition) is 2. The van der Waals surface area contributed by atoms with E-state index >= 15 is 0 Å². The van der Waals surface area contributed by atoms with Gasteiger partial charge in [-0.1, -0.05) is 36.4 Å². The van der Waals surface area contributed by atoms with Gasteiger partial charge in [0.2, 0.25) is 0 Å². The number of nitrogens with zero attached hydrogens (tertiary/aromatic N) is 3. The summed E-state index contributed by atoms with van der Waals surface area (Å²) in [7, 11) is 0. The first-order valence-electron chi connectivity index (χ1n) is 7.58.